The van der Waals surface area contributed by atoms with E-state index in [0.29, 0.717) is 19.0 Å². The quantitative estimate of drug-likeness (QED) is 0.770. The largest absolute Gasteiger partial charge is 0.467 e. The van der Waals surface area contributed by atoms with Crippen molar-refractivity contribution in [2.45, 2.75) is 32.7 Å². The second-order valence-electron chi connectivity index (χ2n) is 4.15. The molecule has 0 saturated heterocycles. The SMILES string of the molecule is COc1nnc(CCN)n1C(C)(C)C. The molecule has 0 aliphatic heterocycles. The van der Waals surface area contributed by atoms with Crippen molar-refractivity contribution in [2.24, 2.45) is 5.73 Å². The van der Waals surface area contributed by atoms with Gasteiger partial charge in [-0.15, -0.1) is 5.10 Å². The van der Waals surface area contributed by atoms with E-state index in [1.54, 1.807) is 7.11 Å². The van der Waals surface area contributed by atoms with Gasteiger partial charge in [0.1, 0.15) is 5.82 Å². The lowest BCUT2D eigenvalue weighted by atomic mass is 10.1. The van der Waals surface area contributed by atoms with E-state index in [0.717, 1.165) is 5.82 Å². The topological polar surface area (TPSA) is 66.0 Å². The fourth-order valence-electron chi connectivity index (χ4n) is 1.40. The Balaban J connectivity index is 3.13. The van der Waals surface area contributed by atoms with Crippen LogP contribution in [0.4, 0.5) is 0 Å². The summed E-state index contributed by atoms with van der Waals surface area (Å²) in [6.07, 6.45) is 0.716. The molecule has 5 nitrogen and oxygen atoms in total. The van der Waals surface area contributed by atoms with Crippen molar-refractivity contribution in [2.75, 3.05) is 13.7 Å². The zero-order valence-corrected chi connectivity index (χ0v) is 9.24. The molecule has 0 atom stereocenters. The van der Waals surface area contributed by atoms with Crippen LogP contribution in [0.3, 0.4) is 0 Å². The highest BCUT2D eigenvalue weighted by Crippen LogP contribution is 2.22. The van der Waals surface area contributed by atoms with Gasteiger partial charge in [0.2, 0.25) is 0 Å². The number of ether oxygens (including phenoxy) is 1. The highest BCUT2D eigenvalue weighted by molar-refractivity contribution is 5.06. The summed E-state index contributed by atoms with van der Waals surface area (Å²) in [5.41, 5.74) is 5.42. The Hall–Kier alpha value is -1.10. The van der Waals surface area contributed by atoms with Gasteiger partial charge in [0.05, 0.1) is 7.11 Å². The molecule has 1 aromatic rings. The maximum atomic E-state index is 5.50. The monoisotopic (exact) mass is 198 g/mol. The summed E-state index contributed by atoms with van der Waals surface area (Å²) in [6.45, 7) is 6.81. The number of rotatable bonds is 3. The number of hydrogen-bond donors (Lipinski definition) is 1. The second kappa shape index (κ2) is 3.96. The molecule has 80 valence electrons. The van der Waals surface area contributed by atoms with Crippen LogP contribution in [0.15, 0.2) is 0 Å². The summed E-state index contributed by atoms with van der Waals surface area (Å²) >= 11 is 0. The number of aromatic nitrogens is 3. The van der Waals surface area contributed by atoms with E-state index < -0.39 is 0 Å². The molecular formula is C9H18N4O. The Kier molecular flexibility index (Phi) is 3.10. The third kappa shape index (κ3) is 2.04. The van der Waals surface area contributed by atoms with Gasteiger partial charge in [0.25, 0.3) is 0 Å². The molecule has 0 radical (unpaired) electrons. The molecule has 0 aliphatic carbocycles. The lowest BCUT2D eigenvalue weighted by Crippen LogP contribution is -2.26. The Morgan fingerprint density at radius 3 is 2.43 bits per heavy atom. The van der Waals surface area contributed by atoms with Crippen LogP contribution in [0.25, 0.3) is 0 Å². The lowest BCUT2D eigenvalue weighted by Gasteiger charge is -2.23. The van der Waals surface area contributed by atoms with E-state index in [2.05, 4.69) is 31.0 Å². The zero-order valence-electron chi connectivity index (χ0n) is 9.24. The molecule has 0 spiro atoms. The van der Waals surface area contributed by atoms with Crippen molar-refractivity contribution in [3.63, 3.8) is 0 Å². The minimum atomic E-state index is -0.0840. The Labute approximate surface area is 84.3 Å². The fourth-order valence-corrected chi connectivity index (χ4v) is 1.40. The maximum Gasteiger partial charge on any atom is 0.317 e. The lowest BCUT2D eigenvalue weighted by molar-refractivity contribution is 0.293. The van der Waals surface area contributed by atoms with Gasteiger partial charge in [-0.25, -0.2) is 0 Å². The van der Waals surface area contributed by atoms with E-state index >= 15 is 0 Å². The summed E-state index contributed by atoms with van der Waals surface area (Å²) < 4.78 is 7.12. The van der Waals surface area contributed by atoms with Crippen molar-refractivity contribution >= 4 is 0 Å². The molecule has 0 fully saturated rings. The average Bonchev–Trinajstić information content (AvgIpc) is 2.47. The summed E-state index contributed by atoms with van der Waals surface area (Å²) in [6, 6.07) is 0.543. The van der Waals surface area contributed by atoms with Gasteiger partial charge in [-0.3, -0.25) is 4.57 Å². The maximum absolute atomic E-state index is 5.50. The Bertz CT molecular complexity index is 300. The van der Waals surface area contributed by atoms with E-state index in [9.17, 15) is 0 Å². The van der Waals surface area contributed by atoms with Crippen molar-refractivity contribution in [3.05, 3.63) is 5.82 Å². The van der Waals surface area contributed by atoms with Gasteiger partial charge >= 0.3 is 6.01 Å². The van der Waals surface area contributed by atoms with Crippen molar-refractivity contribution in [1.82, 2.24) is 14.8 Å². The molecule has 1 aromatic heterocycles. The molecule has 0 bridgehead atoms. The standard InChI is InChI=1S/C9H18N4O/c1-9(2,3)13-7(5-6-10)11-12-8(13)14-4/h5-6,10H2,1-4H3. The molecule has 1 heterocycles. The van der Waals surface area contributed by atoms with Crippen LogP contribution in [0.2, 0.25) is 0 Å². The molecule has 2 N–H and O–H groups in total. The number of nitrogens with two attached hydrogens (primary N) is 1. The van der Waals surface area contributed by atoms with E-state index in [1.165, 1.54) is 0 Å². The van der Waals surface area contributed by atoms with Crippen LogP contribution in [0.1, 0.15) is 26.6 Å². The van der Waals surface area contributed by atoms with Gasteiger partial charge in [-0.1, -0.05) is 5.10 Å². The first-order valence-corrected chi connectivity index (χ1v) is 4.69. The van der Waals surface area contributed by atoms with E-state index in [-0.39, 0.29) is 5.54 Å². The first kappa shape index (κ1) is 11.0. The molecule has 14 heavy (non-hydrogen) atoms. The number of methoxy groups -OCH3 is 1. The van der Waals surface area contributed by atoms with Crippen LogP contribution in [0, 0.1) is 0 Å². The van der Waals surface area contributed by atoms with Gasteiger partial charge in [-0.2, -0.15) is 0 Å². The Morgan fingerprint density at radius 2 is 2.00 bits per heavy atom. The predicted molar refractivity (Wildman–Crippen MR) is 54.3 cm³/mol. The fraction of sp³-hybridized carbons (Fsp3) is 0.778. The molecule has 1 rings (SSSR count). The van der Waals surface area contributed by atoms with Crippen molar-refractivity contribution in [3.8, 4) is 6.01 Å². The van der Waals surface area contributed by atoms with Gasteiger partial charge in [0.15, 0.2) is 0 Å². The summed E-state index contributed by atoms with van der Waals surface area (Å²) in [5.74, 6) is 0.872. The molecule has 0 amide bonds. The third-order valence-electron chi connectivity index (χ3n) is 1.92. The summed E-state index contributed by atoms with van der Waals surface area (Å²) in [7, 11) is 1.60. The van der Waals surface area contributed by atoms with E-state index in [4.69, 9.17) is 10.5 Å². The third-order valence-corrected chi connectivity index (χ3v) is 1.92. The van der Waals surface area contributed by atoms with Gasteiger partial charge < -0.3 is 10.5 Å². The normalized spacial score (nSPS) is 11.8. The second-order valence-corrected chi connectivity index (χ2v) is 4.15. The minimum absolute atomic E-state index is 0.0840. The smallest absolute Gasteiger partial charge is 0.317 e. The Morgan fingerprint density at radius 1 is 1.36 bits per heavy atom. The van der Waals surface area contributed by atoms with Crippen LogP contribution >= 0.6 is 0 Å². The first-order chi connectivity index (χ1) is 6.50. The predicted octanol–water partition coefficient (Wildman–Crippen LogP) is 0.543. The van der Waals surface area contributed by atoms with Crippen molar-refractivity contribution in [1.29, 1.82) is 0 Å². The molecule has 0 aromatic carbocycles. The van der Waals surface area contributed by atoms with Gasteiger partial charge in [0, 0.05) is 12.0 Å². The van der Waals surface area contributed by atoms with Crippen LogP contribution in [0.5, 0.6) is 6.01 Å². The summed E-state index contributed by atoms with van der Waals surface area (Å²) in [4.78, 5) is 0. The van der Waals surface area contributed by atoms with Crippen LogP contribution in [-0.2, 0) is 12.0 Å². The van der Waals surface area contributed by atoms with Crippen molar-refractivity contribution < 1.29 is 4.74 Å². The molecule has 0 saturated carbocycles. The first-order valence-electron chi connectivity index (χ1n) is 4.69. The highest BCUT2D eigenvalue weighted by Gasteiger charge is 2.22. The van der Waals surface area contributed by atoms with Gasteiger partial charge in [-0.05, 0) is 27.3 Å². The molecule has 5 heteroatoms. The highest BCUT2D eigenvalue weighted by atomic mass is 16.5. The van der Waals surface area contributed by atoms with E-state index in [1.807, 2.05) is 4.57 Å². The summed E-state index contributed by atoms with van der Waals surface area (Å²) in [5, 5.41) is 8.01. The molecule has 0 unspecified atom stereocenters. The van der Waals surface area contributed by atoms with Crippen LogP contribution in [-0.4, -0.2) is 28.4 Å². The number of hydrogen-bond acceptors (Lipinski definition) is 4. The minimum Gasteiger partial charge on any atom is -0.467 e. The average molecular weight is 198 g/mol. The molecule has 0 aliphatic rings. The molecular weight excluding hydrogens is 180 g/mol. The number of nitrogens with zero attached hydrogens (tertiary/aromatic N) is 3. The zero-order chi connectivity index (χ0) is 10.8. The van der Waals surface area contributed by atoms with Crippen LogP contribution < -0.4 is 10.5 Å².